The molecule has 1 aliphatic rings. The highest BCUT2D eigenvalue weighted by Crippen LogP contribution is 2.26. The fourth-order valence-corrected chi connectivity index (χ4v) is 2.23. The van der Waals surface area contributed by atoms with Crippen LogP contribution in [0.2, 0.25) is 0 Å². The SMILES string of the molecule is O=C(O)c1ccccc1C=CC1CCCC1. The van der Waals surface area contributed by atoms with Gasteiger partial charge in [0.25, 0.3) is 0 Å². The minimum atomic E-state index is -0.855. The summed E-state index contributed by atoms with van der Waals surface area (Å²) in [5.41, 5.74) is 1.19. The normalized spacial score (nSPS) is 17.0. The van der Waals surface area contributed by atoms with Gasteiger partial charge in [0, 0.05) is 0 Å². The van der Waals surface area contributed by atoms with Crippen LogP contribution in [0.15, 0.2) is 30.3 Å². The molecular formula is C14H16O2. The smallest absolute Gasteiger partial charge is 0.336 e. The van der Waals surface area contributed by atoms with Crippen molar-refractivity contribution in [3.63, 3.8) is 0 Å². The molecule has 2 heteroatoms. The number of aromatic carboxylic acids is 1. The van der Waals surface area contributed by atoms with E-state index in [2.05, 4.69) is 6.08 Å². The van der Waals surface area contributed by atoms with Crippen molar-refractivity contribution in [1.82, 2.24) is 0 Å². The third kappa shape index (κ3) is 2.51. The molecule has 16 heavy (non-hydrogen) atoms. The van der Waals surface area contributed by atoms with Crippen LogP contribution < -0.4 is 0 Å². The van der Waals surface area contributed by atoms with E-state index < -0.39 is 5.97 Å². The van der Waals surface area contributed by atoms with E-state index in [9.17, 15) is 4.79 Å². The van der Waals surface area contributed by atoms with E-state index in [4.69, 9.17) is 5.11 Å². The number of rotatable bonds is 3. The van der Waals surface area contributed by atoms with Crippen molar-refractivity contribution in [1.29, 1.82) is 0 Å². The van der Waals surface area contributed by atoms with Crippen LogP contribution in [0, 0.1) is 5.92 Å². The fourth-order valence-electron chi connectivity index (χ4n) is 2.23. The highest BCUT2D eigenvalue weighted by Gasteiger charge is 2.12. The molecule has 1 aliphatic carbocycles. The van der Waals surface area contributed by atoms with Gasteiger partial charge in [0.1, 0.15) is 0 Å². The largest absolute Gasteiger partial charge is 0.478 e. The Hall–Kier alpha value is -1.57. The number of benzene rings is 1. The van der Waals surface area contributed by atoms with Gasteiger partial charge in [0.2, 0.25) is 0 Å². The second-order valence-corrected chi connectivity index (χ2v) is 4.30. The number of carboxylic acid groups (broad SMARTS) is 1. The van der Waals surface area contributed by atoms with Crippen LogP contribution in [0.1, 0.15) is 41.6 Å². The Kier molecular flexibility index (Phi) is 3.40. The van der Waals surface area contributed by atoms with Crippen molar-refractivity contribution in [2.24, 2.45) is 5.92 Å². The summed E-state index contributed by atoms with van der Waals surface area (Å²) in [6, 6.07) is 7.14. The molecule has 0 unspecified atom stereocenters. The first kappa shape index (κ1) is 10.9. The standard InChI is InChI=1S/C14H16O2/c15-14(16)13-8-4-3-7-12(13)10-9-11-5-1-2-6-11/h3-4,7-11H,1-2,5-6H2,(H,15,16). The van der Waals surface area contributed by atoms with Crippen molar-refractivity contribution in [2.75, 3.05) is 0 Å². The van der Waals surface area contributed by atoms with E-state index in [1.54, 1.807) is 12.1 Å². The first-order valence-corrected chi connectivity index (χ1v) is 5.78. The van der Waals surface area contributed by atoms with Crippen LogP contribution in [0.5, 0.6) is 0 Å². The second-order valence-electron chi connectivity index (χ2n) is 4.30. The number of carbonyl (C=O) groups is 1. The van der Waals surface area contributed by atoms with E-state index in [1.807, 2.05) is 18.2 Å². The average molecular weight is 216 g/mol. The zero-order valence-electron chi connectivity index (χ0n) is 9.23. The highest BCUT2D eigenvalue weighted by molar-refractivity contribution is 5.92. The van der Waals surface area contributed by atoms with Crippen molar-refractivity contribution >= 4 is 12.0 Å². The van der Waals surface area contributed by atoms with Gasteiger partial charge in [0.05, 0.1) is 5.56 Å². The zero-order chi connectivity index (χ0) is 11.4. The molecule has 84 valence electrons. The molecule has 2 nitrogen and oxygen atoms in total. The molecule has 2 rings (SSSR count). The molecule has 1 fully saturated rings. The van der Waals surface area contributed by atoms with E-state index >= 15 is 0 Å². The van der Waals surface area contributed by atoms with Crippen LogP contribution in [-0.2, 0) is 0 Å². The summed E-state index contributed by atoms with van der Waals surface area (Å²) in [6.07, 6.45) is 9.21. The number of hydrogen-bond acceptors (Lipinski definition) is 1. The molecule has 1 aromatic carbocycles. The van der Waals surface area contributed by atoms with Gasteiger partial charge in [-0.1, -0.05) is 43.2 Å². The molecule has 0 radical (unpaired) electrons. The topological polar surface area (TPSA) is 37.3 Å². The van der Waals surface area contributed by atoms with Crippen molar-refractivity contribution in [3.05, 3.63) is 41.5 Å². The van der Waals surface area contributed by atoms with Crippen LogP contribution >= 0.6 is 0 Å². The lowest BCUT2D eigenvalue weighted by Crippen LogP contribution is -1.98. The molecule has 0 aromatic heterocycles. The first-order chi connectivity index (χ1) is 7.77. The summed E-state index contributed by atoms with van der Waals surface area (Å²) in [7, 11) is 0. The van der Waals surface area contributed by atoms with E-state index in [0.29, 0.717) is 11.5 Å². The Balaban J connectivity index is 2.16. The molecule has 0 atom stereocenters. The first-order valence-electron chi connectivity index (χ1n) is 5.78. The van der Waals surface area contributed by atoms with Crippen molar-refractivity contribution in [3.8, 4) is 0 Å². The van der Waals surface area contributed by atoms with Crippen molar-refractivity contribution in [2.45, 2.75) is 25.7 Å². The minimum Gasteiger partial charge on any atom is -0.478 e. The monoisotopic (exact) mass is 216 g/mol. The molecule has 1 saturated carbocycles. The maximum Gasteiger partial charge on any atom is 0.336 e. The molecule has 0 spiro atoms. The maximum absolute atomic E-state index is 11.0. The van der Waals surface area contributed by atoms with Crippen LogP contribution in [0.25, 0.3) is 6.08 Å². The Morgan fingerprint density at radius 3 is 2.62 bits per heavy atom. The molecule has 0 saturated heterocycles. The van der Waals surface area contributed by atoms with Crippen LogP contribution in [-0.4, -0.2) is 11.1 Å². The summed E-state index contributed by atoms with van der Waals surface area (Å²) < 4.78 is 0. The Bertz CT molecular complexity index is 401. The fraction of sp³-hybridized carbons (Fsp3) is 0.357. The third-order valence-corrected chi connectivity index (χ3v) is 3.14. The van der Waals surface area contributed by atoms with E-state index in [0.717, 1.165) is 5.56 Å². The Morgan fingerprint density at radius 1 is 1.25 bits per heavy atom. The average Bonchev–Trinajstić information content (AvgIpc) is 2.79. The zero-order valence-corrected chi connectivity index (χ0v) is 9.23. The molecule has 1 aromatic rings. The quantitative estimate of drug-likeness (QED) is 0.838. The Morgan fingerprint density at radius 2 is 1.94 bits per heavy atom. The maximum atomic E-state index is 11.0. The molecule has 0 aliphatic heterocycles. The van der Waals surface area contributed by atoms with Gasteiger partial charge in [-0.3, -0.25) is 0 Å². The van der Waals surface area contributed by atoms with Gasteiger partial charge >= 0.3 is 5.97 Å². The van der Waals surface area contributed by atoms with Gasteiger partial charge in [-0.2, -0.15) is 0 Å². The lowest BCUT2D eigenvalue weighted by molar-refractivity contribution is 0.0696. The molecule has 0 heterocycles. The summed E-state index contributed by atoms with van der Waals surface area (Å²) >= 11 is 0. The van der Waals surface area contributed by atoms with Gasteiger partial charge < -0.3 is 5.11 Å². The second kappa shape index (κ2) is 4.97. The van der Waals surface area contributed by atoms with Gasteiger partial charge in [-0.05, 0) is 30.4 Å². The molecular weight excluding hydrogens is 200 g/mol. The minimum absolute atomic E-state index is 0.386. The van der Waals surface area contributed by atoms with E-state index in [-0.39, 0.29) is 0 Å². The number of allylic oxidation sites excluding steroid dienone is 1. The molecule has 0 bridgehead atoms. The Labute approximate surface area is 95.6 Å². The van der Waals surface area contributed by atoms with Gasteiger partial charge in [-0.25, -0.2) is 4.79 Å². The highest BCUT2D eigenvalue weighted by atomic mass is 16.4. The summed E-state index contributed by atoms with van der Waals surface area (Å²) in [5.74, 6) is -0.214. The lowest BCUT2D eigenvalue weighted by atomic mass is 10.0. The predicted molar refractivity (Wildman–Crippen MR) is 64.4 cm³/mol. The van der Waals surface area contributed by atoms with Gasteiger partial charge in [0.15, 0.2) is 0 Å². The van der Waals surface area contributed by atoms with Gasteiger partial charge in [-0.15, -0.1) is 0 Å². The summed E-state index contributed by atoms with van der Waals surface area (Å²) in [6.45, 7) is 0. The summed E-state index contributed by atoms with van der Waals surface area (Å²) in [4.78, 5) is 11.0. The van der Waals surface area contributed by atoms with Crippen LogP contribution in [0.3, 0.4) is 0 Å². The molecule has 0 amide bonds. The van der Waals surface area contributed by atoms with Crippen molar-refractivity contribution < 1.29 is 9.90 Å². The van der Waals surface area contributed by atoms with Crippen LogP contribution in [0.4, 0.5) is 0 Å². The molecule has 1 N–H and O–H groups in total. The predicted octanol–water partition coefficient (Wildman–Crippen LogP) is 3.59. The van der Waals surface area contributed by atoms with E-state index in [1.165, 1.54) is 25.7 Å². The number of carboxylic acids is 1. The number of hydrogen-bond donors (Lipinski definition) is 1. The summed E-state index contributed by atoms with van der Waals surface area (Å²) in [5, 5.41) is 9.02. The third-order valence-electron chi connectivity index (χ3n) is 3.14. The lowest BCUT2D eigenvalue weighted by Gasteiger charge is -2.03.